The van der Waals surface area contributed by atoms with Crippen molar-refractivity contribution in [2.75, 3.05) is 24.1 Å². The summed E-state index contributed by atoms with van der Waals surface area (Å²) in [5.74, 6) is 0. The maximum Gasteiger partial charge on any atom is 0.0391 e. The summed E-state index contributed by atoms with van der Waals surface area (Å²) in [7, 11) is 0. The summed E-state index contributed by atoms with van der Waals surface area (Å²) in [6.07, 6.45) is 0. The second-order valence-electron chi connectivity index (χ2n) is 2.74. The number of anilines is 2. The predicted octanol–water partition coefficient (Wildman–Crippen LogP) is 0.948. The highest BCUT2D eigenvalue weighted by Crippen LogP contribution is 2.19. The van der Waals surface area contributed by atoms with Crippen LogP contribution in [0.5, 0.6) is 0 Å². The summed E-state index contributed by atoms with van der Waals surface area (Å²) in [5, 5.41) is 3.20. The smallest absolute Gasteiger partial charge is 0.0391 e. The Labute approximate surface area is 72.8 Å². The summed E-state index contributed by atoms with van der Waals surface area (Å²) in [4.78, 5) is 0. The number of hydrogen-bond acceptors (Lipinski definition) is 3. The molecule has 0 aliphatic rings. The molecule has 66 valence electrons. The van der Waals surface area contributed by atoms with E-state index in [2.05, 4.69) is 5.32 Å². The van der Waals surface area contributed by atoms with E-state index in [-0.39, 0.29) is 0 Å². The monoisotopic (exact) mass is 165 g/mol. The fourth-order valence-electron chi connectivity index (χ4n) is 1.05. The number of rotatable bonds is 3. The Morgan fingerprint density at radius 1 is 1.42 bits per heavy atom. The van der Waals surface area contributed by atoms with E-state index < -0.39 is 0 Å². The standard InChI is InChI=1S/C9H15N3/c1-7-8(11)3-2-4-9(7)12-6-5-10/h2-4,12H,5-6,10-11H2,1H3. The van der Waals surface area contributed by atoms with E-state index in [9.17, 15) is 0 Å². The van der Waals surface area contributed by atoms with Crippen LogP contribution in [0.2, 0.25) is 0 Å². The first kappa shape index (κ1) is 8.87. The number of nitrogens with two attached hydrogens (primary N) is 2. The van der Waals surface area contributed by atoms with Crippen molar-refractivity contribution in [1.82, 2.24) is 0 Å². The van der Waals surface area contributed by atoms with Crippen molar-refractivity contribution in [3.8, 4) is 0 Å². The van der Waals surface area contributed by atoms with Gasteiger partial charge in [0, 0.05) is 24.5 Å². The van der Waals surface area contributed by atoms with Crippen molar-refractivity contribution in [2.45, 2.75) is 6.92 Å². The van der Waals surface area contributed by atoms with Gasteiger partial charge >= 0.3 is 0 Å². The van der Waals surface area contributed by atoms with E-state index in [1.165, 1.54) is 0 Å². The first-order valence-electron chi connectivity index (χ1n) is 4.04. The first-order valence-corrected chi connectivity index (χ1v) is 4.04. The third kappa shape index (κ3) is 1.89. The van der Waals surface area contributed by atoms with Crippen LogP contribution in [0.15, 0.2) is 18.2 Å². The molecule has 3 nitrogen and oxygen atoms in total. The quantitative estimate of drug-likeness (QED) is 0.584. The molecule has 0 spiro atoms. The van der Waals surface area contributed by atoms with E-state index in [1.807, 2.05) is 25.1 Å². The van der Waals surface area contributed by atoms with Gasteiger partial charge in [-0.3, -0.25) is 0 Å². The molecular weight excluding hydrogens is 150 g/mol. The molecule has 5 N–H and O–H groups in total. The van der Waals surface area contributed by atoms with Gasteiger partial charge in [-0.1, -0.05) is 6.07 Å². The molecule has 0 unspecified atom stereocenters. The topological polar surface area (TPSA) is 64.1 Å². The largest absolute Gasteiger partial charge is 0.398 e. The highest BCUT2D eigenvalue weighted by atomic mass is 14.9. The maximum atomic E-state index is 5.72. The van der Waals surface area contributed by atoms with Gasteiger partial charge in [0.25, 0.3) is 0 Å². The fourth-order valence-corrected chi connectivity index (χ4v) is 1.05. The van der Waals surface area contributed by atoms with Crippen LogP contribution in [0.1, 0.15) is 5.56 Å². The van der Waals surface area contributed by atoms with E-state index >= 15 is 0 Å². The molecule has 0 aliphatic carbocycles. The number of hydrogen-bond donors (Lipinski definition) is 3. The van der Waals surface area contributed by atoms with Crippen molar-refractivity contribution < 1.29 is 0 Å². The van der Waals surface area contributed by atoms with Gasteiger partial charge in [-0.05, 0) is 24.6 Å². The molecular formula is C9H15N3. The third-order valence-corrected chi connectivity index (χ3v) is 1.84. The minimum atomic E-state index is 0.633. The van der Waals surface area contributed by atoms with E-state index in [4.69, 9.17) is 11.5 Å². The highest BCUT2D eigenvalue weighted by molar-refractivity contribution is 5.62. The molecule has 0 saturated heterocycles. The molecule has 1 rings (SSSR count). The van der Waals surface area contributed by atoms with Gasteiger partial charge in [0.2, 0.25) is 0 Å². The van der Waals surface area contributed by atoms with E-state index in [0.717, 1.165) is 23.5 Å². The summed E-state index contributed by atoms with van der Waals surface area (Å²) >= 11 is 0. The molecule has 0 atom stereocenters. The average molecular weight is 165 g/mol. The summed E-state index contributed by atoms with van der Waals surface area (Å²) in [5.41, 5.74) is 14.1. The van der Waals surface area contributed by atoms with Crippen LogP contribution in [0.25, 0.3) is 0 Å². The normalized spacial score (nSPS) is 9.83. The minimum absolute atomic E-state index is 0.633. The predicted molar refractivity (Wildman–Crippen MR) is 53.1 cm³/mol. The van der Waals surface area contributed by atoms with Gasteiger partial charge < -0.3 is 16.8 Å². The summed E-state index contributed by atoms with van der Waals surface area (Å²) in [6.45, 7) is 3.41. The molecule has 1 aromatic carbocycles. The van der Waals surface area contributed by atoms with Gasteiger partial charge in [0.15, 0.2) is 0 Å². The zero-order valence-corrected chi connectivity index (χ0v) is 7.30. The molecule has 0 fully saturated rings. The van der Waals surface area contributed by atoms with Crippen molar-refractivity contribution in [2.24, 2.45) is 5.73 Å². The molecule has 12 heavy (non-hydrogen) atoms. The van der Waals surface area contributed by atoms with Crippen LogP contribution in [-0.4, -0.2) is 13.1 Å². The van der Waals surface area contributed by atoms with Crippen molar-refractivity contribution in [3.63, 3.8) is 0 Å². The SMILES string of the molecule is Cc1c(N)cccc1NCCN. The van der Waals surface area contributed by atoms with Gasteiger partial charge in [-0.15, -0.1) is 0 Å². The zero-order chi connectivity index (χ0) is 8.97. The Balaban J connectivity index is 2.78. The maximum absolute atomic E-state index is 5.72. The number of nitrogens with one attached hydrogen (secondary N) is 1. The van der Waals surface area contributed by atoms with E-state index in [1.54, 1.807) is 0 Å². The molecule has 0 bridgehead atoms. The molecule has 3 heteroatoms. The Bertz CT molecular complexity index is 258. The molecule has 0 radical (unpaired) electrons. The van der Waals surface area contributed by atoms with Gasteiger partial charge in [0.1, 0.15) is 0 Å². The Hall–Kier alpha value is -1.22. The molecule has 1 aromatic rings. The molecule has 0 amide bonds. The Morgan fingerprint density at radius 3 is 2.83 bits per heavy atom. The van der Waals surface area contributed by atoms with E-state index in [0.29, 0.717) is 6.54 Å². The molecule has 0 aliphatic heterocycles. The second kappa shape index (κ2) is 3.97. The molecule has 0 aromatic heterocycles. The summed E-state index contributed by atoms with van der Waals surface area (Å²) < 4.78 is 0. The van der Waals surface area contributed by atoms with Crippen LogP contribution in [-0.2, 0) is 0 Å². The second-order valence-corrected chi connectivity index (χ2v) is 2.74. The lowest BCUT2D eigenvalue weighted by Crippen LogP contribution is -2.13. The lowest BCUT2D eigenvalue weighted by Gasteiger charge is -2.09. The lowest BCUT2D eigenvalue weighted by atomic mass is 10.1. The first-order chi connectivity index (χ1) is 5.75. The number of nitrogen functional groups attached to an aromatic ring is 1. The van der Waals surface area contributed by atoms with Crippen LogP contribution < -0.4 is 16.8 Å². The highest BCUT2D eigenvalue weighted by Gasteiger charge is 1.98. The van der Waals surface area contributed by atoms with Crippen molar-refractivity contribution >= 4 is 11.4 Å². The molecule has 0 saturated carbocycles. The average Bonchev–Trinajstić information content (AvgIpc) is 2.08. The lowest BCUT2D eigenvalue weighted by molar-refractivity contribution is 1.02. The van der Waals surface area contributed by atoms with Gasteiger partial charge in [-0.25, -0.2) is 0 Å². The third-order valence-electron chi connectivity index (χ3n) is 1.84. The van der Waals surface area contributed by atoms with Crippen LogP contribution in [0.4, 0.5) is 11.4 Å². The van der Waals surface area contributed by atoms with Crippen LogP contribution in [0.3, 0.4) is 0 Å². The number of benzene rings is 1. The fraction of sp³-hybridized carbons (Fsp3) is 0.333. The van der Waals surface area contributed by atoms with Gasteiger partial charge in [0.05, 0.1) is 0 Å². The van der Waals surface area contributed by atoms with Crippen molar-refractivity contribution in [3.05, 3.63) is 23.8 Å². The summed E-state index contributed by atoms with van der Waals surface area (Å²) in [6, 6.07) is 5.82. The van der Waals surface area contributed by atoms with Crippen LogP contribution in [0, 0.1) is 6.92 Å². The minimum Gasteiger partial charge on any atom is -0.398 e. The van der Waals surface area contributed by atoms with Crippen LogP contribution >= 0.6 is 0 Å². The van der Waals surface area contributed by atoms with Crippen molar-refractivity contribution in [1.29, 1.82) is 0 Å². The Morgan fingerprint density at radius 2 is 2.17 bits per heavy atom. The van der Waals surface area contributed by atoms with Gasteiger partial charge in [-0.2, -0.15) is 0 Å². The molecule has 0 heterocycles. The zero-order valence-electron chi connectivity index (χ0n) is 7.30. The Kier molecular flexibility index (Phi) is 2.94.